The molecule has 6 rings (SSSR count). The van der Waals surface area contributed by atoms with Gasteiger partial charge in [0.2, 0.25) is 0 Å². The van der Waals surface area contributed by atoms with Crippen molar-refractivity contribution in [3.8, 4) is 16.9 Å². The molecule has 2 unspecified atom stereocenters. The van der Waals surface area contributed by atoms with Crippen LogP contribution in [0.5, 0.6) is 5.75 Å². The Morgan fingerprint density at radius 2 is 1.64 bits per heavy atom. The van der Waals surface area contributed by atoms with E-state index in [9.17, 15) is 4.79 Å². The summed E-state index contributed by atoms with van der Waals surface area (Å²) in [6, 6.07) is 23.5. The van der Waals surface area contributed by atoms with Gasteiger partial charge in [-0.05, 0) is 45.5 Å². The molecule has 0 bridgehead atoms. The number of carbonyl (C=O) groups is 1. The molecule has 0 spiro atoms. The summed E-state index contributed by atoms with van der Waals surface area (Å²) in [5.41, 5.74) is 7.74. The first-order valence-corrected chi connectivity index (χ1v) is 11.7. The third-order valence-corrected chi connectivity index (χ3v) is 7.38. The van der Waals surface area contributed by atoms with Crippen LogP contribution < -0.4 is 10.1 Å². The molecular weight excluding hydrogens is 412 g/mol. The smallest absolute Gasteiger partial charge is 0.409 e. The number of hydrogen-bond acceptors (Lipinski definition) is 4. The maximum atomic E-state index is 12.8. The molecule has 2 heterocycles. The second kappa shape index (κ2) is 8.23. The van der Waals surface area contributed by atoms with Crippen molar-refractivity contribution in [1.82, 2.24) is 10.2 Å². The number of carbonyl (C=O) groups excluding carboxylic acids is 1. The lowest BCUT2D eigenvalue weighted by Gasteiger charge is -2.42. The summed E-state index contributed by atoms with van der Waals surface area (Å²) in [5.74, 6) is 1.02. The normalized spacial score (nSPS) is 21.3. The molecule has 1 N–H and O–H groups in total. The van der Waals surface area contributed by atoms with Crippen LogP contribution in [0.4, 0.5) is 4.79 Å². The van der Waals surface area contributed by atoms with Crippen LogP contribution in [-0.4, -0.2) is 36.8 Å². The van der Waals surface area contributed by atoms with E-state index in [0.717, 1.165) is 31.7 Å². The molecule has 3 aliphatic rings. The minimum Gasteiger partial charge on any atom is -0.490 e. The van der Waals surface area contributed by atoms with Crippen LogP contribution in [0.15, 0.2) is 66.7 Å². The van der Waals surface area contributed by atoms with Crippen molar-refractivity contribution in [3.63, 3.8) is 0 Å². The van der Waals surface area contributed by atoms with E-state index in [-0.39, 0.29) is 24.2 Å². The number of benzene rings is 3. The predicted octanol–water partition coefficient (Wildman–Crippen LogP) is 5.08. The number of amides is 1. The van der Waals surface area contributed by atoms with Gasteiger partial charge in [-0.2, -0.15) is 0 Å². The van der Waals surface area contributed by atoms with E-state index >= 15 is 0 Å². The van der Waals surface area contributed by atoms with E-state index in [2.05, 4.69) is 72.0 Å². The monoisotopic (exact) mass is 440 g/mol. The largest absolute Gasteiger partial charge is 0.490 e. The topological polar surface area (TPSA) is 50.8 Å². The number of fused-ring (bicyclic) bond motifs is 4. The maximum Gasteiger partial charge on any atom is 0.409 e. The Morgan fingerprint density at radius 3 is 2.36 bits per heavy atom. The van der Waals surface area contributed by atoms with Gasteiger partial charge in [-0.25, -0.2) is 4.79 Å². The number of methoxy groups -OCH3 is 1. The summed E-state index contributed by atoms with van der Waals surface area (Å²) in [6.07, 6.45) is 1.33. The molecule has 1 amide bonds. The highest BCUT2D eigenvalue weighted by atomic mass is 16.5. The highest BCUT2D eigenvalue weighted by Gasteiger charge is 2.43. The van der Waals surface area contributed by atoms with E-state index < -0.39 is 0 Å². The average Bonchev–Trinajstić information content (AvgIpc) is 3.45. The summed E-state index contributed by atoms with van der Waals surface area (Å²) in [6.45, 7) is 2.44. The molecule has 0 aromatic heterocycles. The van der Waals surface area contributed by atoms with Crippen LogP contribution >= 0.6 is 0 Å². The minimum absolute atomic E-state index is 0.0305. The average molecular weight is 441 g/mol. The Hall–Kier alpha value is -3.31. The number of nitrogens with zero attached hydrogens (tertiary/aromatic N) is 1. The Kier molecular flexibility index (Phi) is 5.07. The molecule has 5 heteroatoms. The first kappa shape index (κ1) is 20.3. The third-order valence-electron chi connectivity index (χ3n) is 7.38. The van der Waals surface area contributed by atoms with Crippen LogP contribution in [0.1, 0.15) is 41.0 Å². The second-order valence-electron chi connectivity index (χ2n) is 9.18. The molecule has 0 saturated carbocycles. The Bertz CT molecular complexity index is 1160. The zero-order valence-electron chi connectivity index (χ0n) is 18.8. The van der Waals surface area contributed by atoms with Gasteiger partial charge >= 0.3 is 6.09 Å². The summed E-state index contributed by atoms with van der Waals surface area (Å²) >= 11 is 0. The lowest BCUT2D eigenvalue weighted by Crippen LogP contribution is -2.51. The highest BCUT2D eigenvalue weighted by molar-refractivity contribution is 5.80. The number of ether oxygens (including phenoxy) is 2. The molecular formula is C28H28N2O3. The molecule has 2 aliphatic heterocycles. The van der Waals surface area contributed by atoms with Crippen molar-refractivity contribution in [2.75, 3.05) is 13.7 Å². The van der Waals surface area contributed by atoms with E-state index in [4.69, 9.17) is 9.47 Å². The molecule has 0 radical (unpaired) electrons. The molecule has 3 aromatic carbocycles. The van der Waals surface area contributed by atoms with Crippen molar-refractivity contribution < 1.29 is 14.3 Å². The molecule has 3 aromatic rings. The predicted molar refractivity (Wildman–Crippen MR) is 127 cm³/mol. The van der Waals surface area contributed by atoms with Gasteiger partial charge in [0.05, 0.1) is 7.11 Å². The summed E-state index contributed by atoms with van der Waals surface area (Å²) in [7, 11) is 1.47. The number of piperidine rings is 1. The number of likely N-dealkylation sites (tertiary alicyclic amines) is 1. The zero-order chi connectivity index (χ0) is 22.4. The van der Waals surface area contributed by atoms with Gasteiger partial charge in [0, 0.05) is 44.4 Å². The number of rotatable bonds is 3. The quantitative estimate of drug-likeness (QED) is 0.617. The lowest BCUT2D eigenvalue weighted by atomic mass is 9.83. The molecule has 1 fully saturated rings. The molecule has 168 valence electrons. The summed E-state index contributed by atoms with van der Waals surface area (Å²) in [4.78, 5) is 14.7. The van der Waals surface area contributed by atoms with E-state index in [0.29, 0.717) is 6.54 Å². The number of nitrogens with one attached hydrogen (secondary N) is 1. The highest BCUT2D eigenvalue weighted by Crippen LogP contribution is 2.49. The fourth-order valence-corrected chi connectivity index (χ4v) is 5.88. The van der Waals surface area contributed by atoms with Crippen LogP contribution in [-0.2, 0) is 17.8 Å². The Balaban J connectivity index is 1.34. The van der Waals surface area contributed by atoms with Crippen LogP contribution in [0.2, 0.25) is 0 Å². The van der Waals surface area contributed by atoms with Crippen molar-refractivity contribution >= 4 is 6.09 Å². The van der Waals surface area contributed by atoms with Crippen molar-refractivity contribution in [3.05, 3.63) is 89.0 Å². The molecule has 1 aliphatic carbocycles. The van der Waals surface area contributed by atoms with E-state index in [1.54, 1.807) is 0 Å². The second-order valence-corrected chi connectivity index (χ2v) is 9.18. The fraction of sp³-hybridized carbons (Fsp3) is 0.321. The Morgan fingerprint density at radius 1 is 0.939 bits per heavy atom. The molecule has 2 atom stereocenters. The maximum absolute atomic E-state index is 12.8. The van der Waals surface area contributed by atoms with Gasteiger partial charge in [-0.15, -0.1) is 0 Å². The fourth-order valence-electron chi connectivity index (χ4n) is 5.88. The van der Waals surface area contributed by atoms with Crippen LogP contribution in [0, 0.1) is 0 Å². The number of hydrogen-bond donors (Lipinski definition) is 1. The van der Waals surface area contributed by atoms with Gasteiger partial charge in [0.25, 0.3) is 0 Å². The van der Waals surface area contributed by atoms with E-state index in [1.165, 1.54) is 40.5 Å². The van der Waals surface area contributed by atoms with Gasteiger partial charge in [0.15, 0.2) is 0 Å². The first-order valence-electron chi connectivity index (χ1n) is 11.7. The standard InChI is InChI=1S/C28H28N2O3/c1-32-28(31)30-13-12-21(33-20-11-10-18-16-29-17-19(18)14-20)15-26(30)27-24-8-4-2-6-22(24)23-7-3-5-9-25(23)27/h2-11,14,21,26-27,29H,12-13,15-17H2,1H3. The first-order chi connectivity index (χ1) is 16.2. The van der Waals surface area contributed by atoms with Crippen molar-refractivity contribution in [2.24, 2.45) is 0 Å². The van der Waals surface area contributed by atoms with Crippen molar-refractivity contribution in [1.29, 1.82) is 0 Å². The van der Waals surface area contributed by atoms with Gasteiger partial charge in [0.1, 0.15) is 11.9 Å². The molecule has 5 nitrogen and oxygen atoms in total. The molecule has 1 saturated heterocycles. The zero-order valence-corrected chi connectivity index (χ0v) is 18.8. The lowest BCUT2D eigenvalue weighted by molar-refractivity contribution is 0.0414. The molecule has 33 heavy (non-hydrogen) atoms. The van der Waals surface area contributed by atoms with Crippen LogP contribution in [0.3, 0.4) is 0 Å². The minimum atomic E-state index is -0.260. The van der Waals surface area contributed by atoms with Gasteiger partial charge < -0.3 is 19.7 Å². The van der Waals surface area contributed by atoms with Gasteiger partial charge in [-0.3, -0.25) is 0 Å². The van der Waals surface area contributed by atoms with Crippen LogP contribution in [0.25, 0.3) is 11.1 Å². The van der Waals surface area contributed by atoms with Crippen molar-refractivity contribution in [2.45, 2.75) is 44.0 Å². The Labute approximate surface area is 194 Å². The summed E-state index contributed by atoms with van der Waals surface area (Å²) in [5, 5.41) is 3.39. The third kappa shape index (κ3) is 3.47. The summed E-state index contributed by atoms with van der Waals surface area (Å²) < 4.78 is 11.7. The SMILES string of the molecule is COC(=O)N1CCC(Oc2ccc3c(c2)CNC3)CC1C1c2ccccc2-c2ccccc21. The van der Waals surface area contributed by atoms with Gasteiger partial charge in [-0.1, -0.05) is 54.6 Å². The van der Waals surface area contributed by atoms with E-state index in [1.807, 2.05) is 4.90 Å².